The Morgan fingerprint density at radius 1 is 0.938 bits per heavy atom. The van der Waals surface area contributed by atoms with E-state index in [-0.39, 0.29) is 10.8 Å². The molecule has 0 bridgehead atoms. The highest BCUT2D eigenvalue weighted by atomic mass is 16.5. The summed E-state index contributed by atoms with van der Waals surface area (Å²) in [5.74, 6) is 1.92. The fraction of sp³-hybridized carbons (Fsp3) is 0.607. The number of ether oxygens (including phenoxy) is 1. The van der Waals surface area contributed by atoms with Crippen LogP contribution in [0.5, 0.6) is 5.75 Å². The molecule has 4 rings (SSSR count). The van der Waals surface area contributed by atoms with E-state index in [1.807, 2.05) is 0 Å². The Balaban J connectivity index is 1.69. The SMILES string of the molecule is CCCCCOc1ccc(-c2ccc3c(c2)C(C)(C)CCC3(C)C)nc1N1CCNCC1. The molecule has 0 amide bonds. The summed E-state index contributed by atoms with van der Waals surface area (Å²) in [4.78, 5) is 7.55. The van der Waals surface area contributed by atoms with Gasteiger partial charge in [0.25, 0.3) is 0 Å². The van der Waals surface area contributed by atoms with Crippen LogP contribution in [0.15, 0.2) is 30.3 Å². The minimum atomic E-state index is 0.199. The number of anilines is 1. The summed E-state index contributed by atoms with van der Waals surface area (Å²) in [5.41, 5.74) is 5.67. The molecule has 2 aromatic rings. The van der Waals surface area contributed by atoms with Gasteiger partial charge in [-0.05, 0) is 59.4 Å². The van der Waals surface area contributed by atoms with Gasteiger partial charge < -0.3 is 15.0 Å². The van der Waals surface area contributed by atoms with E-state index < -0.39 is 0 Å². The van der Waals surface area contributed by atoms with Crippen LogP contribution in [0.3, 0.4) is 0 Å². The van der Waals surface area contributed by atoms with Crippen molar-refractivity contribution in [1.82, 2.24) is 10.3 Å². The Morgan fingerprint density at radius 2 is 1.66 bits per heavy atom. The minimum Gasteiger partial charge on any atom is -0.490 e. The van der Waals surface area contributed by atoms with Gasteiger partial charge in [0.15, 0.2) is 11.6 Å². The summed E-state index contributed by atoms with van der Waals surface area (Å²) in [6.07, 6.45) is 5.96. The van der Waals surface area contributed by atoms with Gasteiger partial charge >= 0.3 is 0 Å². The van der Waals surface area contributed by atoms with Gasteiger partial charge in [-0.1, -0.05) is 59.6 Å². The van der Waals surface area contributed by atoms with E-state index in [2.05, 4.69) is 75.2 Å². The van der Waals surface area contributed by atoms with Crippen molar-refractivity contribution in [1.29, 1.82) is 0 Å². The lowest BCUT2D eigenvalue weighted by Gasteiger charge is -2.42. The lowest BCUT2D eigenvalue weighted by molar-refractivity contribution is 0.305. The summed E-state index contributed by atoms with van der Waals surface area (Å²) in [7, 11) is 0. The van der Waals surface area contributed by atoms with Crippen molar-refractivity contribution in [2.24, 2.45) is 0 Å². The molecule has 1 aliphatic carbocycles. The van der Waals surface area contributed by atoms with E-state index in [0.717, 1.165) is 56.5 Å². The molecule has 1 N–H and O–H groups in total. The normalized spacial score (nSPS) is 19.5. The van der Waals surface area contributed by atoms with E-state index in [1.165, 1.54) is 42.4 Å². The lowest BCUT2D eigenvalue weighted by Crippen LogP contribution is -2.44. The molecule has 0 radical (unpaired) electrons. The molecule has 0 unspecified atom stereocenters. The molecule has 174 valence electrons. The van der Waals surface area contributed by atoms with E-state index in [0.29, 0.717) is 0 Å². The second kappa shape index (κ2) is 9.43. The second-order valence-corrected chi connectivity index (χ2v) is 10.8. The smallest absolute Gasteiger partial charge is 0.172 e. The zero-order valence-electron chi connectivity index (χ0n) is 20.8. The number of aromatic nitrogens is 1. The molecular formula is C28H41N3O. The van der Waals surface area contributed by atoms with Crippen LogP contribution in [0.25, 0.3) is 11.3 Å². The number of pyridine rings is 1. The third-order valence-corrected chi connectivity index (χ3v) is 7.41. The van der Waals surface area contributed by atoms with Crippen LogP contribution in [0.2, 0.25) is 0 Å². The van der Waals surface area contributed by atoms with E-state index >= 15 is 0 Å². The van der Waals surface area contributed by atoms with Crippen LogP contribution in [-0.2, 0) is 10.8 Å². The van der Waals surface area contributed by atoms with Gasteiger partial charge in [-0.15, -0.1) is 0 Å². The maximum absolute atomic E-state index is 6.21. The molecule has 2 heterocycles. The fourth-order valence-corrected chi connectivity index (χ4v) is 5.09. The average molecular weight is 436 g/mol. The zero-order valence-corrected chi connectivity index (χ0v) is 20.8. The molecule has 1 fully saturated rings. The summed E-state index contributed by atoms with van der Waals surface area (Å²) < 4.78 is 6.21. The van der Waals surface area contributed by atoms with Gasteiger partial charge in [-0.2, -0.15) is 0 Å². The molecule has 4 heteroatoms. The maximum atomic E-state index is 6.21. The predicted molar refractivity (Wildman–Crippen MR) is 135 cm³/mol. The van der Waals surface area contributed by atoms with Crippen LogP contribution in [-0.4, -0.2) is 37.8 Å². The largest absolute Gasteiger partial charge is 0.490 e. The number of unbranched alkanes of at least 4 members (excludes halogenated alkanes) is 2. The topological polar surface area (TPSA) is 37.4 Å². The van der Waals surface area contributed by atoms with Crippen molar-refractivity contribution in [3.63, 3.8) is 0 Å². The third-order valence-electron chi connectivity index (χ3n) is 7.41. The van der Waals surface area contributed by atoms with Crippen LogP contribution in [0.1, 0.15) is 77.8 Å². The first-order valence-corrected chi connectivity index (χ1v) is 12.6. The summed E-state index contributed by atoms with van der Waals surface area (Å²) >= 11 is 0. The lowest BCUT2D eigenvalue weighted by atomic mass is 9.63. The fourth-order valence-electron chi connectivity index (χ4n) is 5.09. The Labute approximate surface area is 194 Å². The molecule has 1 aliphatic heterocycles. The Hall–Kier alpha value is -2.07. The molecule has 4 nitrogen and oxygen atoms in total. The second-order valence-electron chi connectivity index (χ2n) is 10.8. The summed E-state index contributed by atoms with van der Waals surface area (Å²) in [6.45, 7) is 16.4. The van der Waals surface area contributed by atoms with Gasteiger partial charge in [0, 0.05) is 31.7 Å². The quantitative estimate of drug-likeness (QED) is 0.535. The number of hydrogen-bond donors (Lipinski definition) is 1. The van der Waals surface area contributed by atoms with Crippen molar-refractivity contribution in [2.75, 3.05) is 37.7 Å². The summed E-state index contributed by atoms with van der Waals surface area (Å²) in [6, 6.07) is 11.3. The number of nitrogens with zero attached hydrogens (tertiary/aromatic N) is 2. The first-order chi connectivity index (χ1) is 15.3. The molecular weight excluding hydrogens is 394 g/mol. The highest BCUT2D eigenvalue weighted by Crippen LogP contribution is 2.46. The Bertz CT molecular complexity index is 928. The van der Waals surface area contributed by atoms with Gasteiger partial charge in [0.05, 0.1) is 12.3 Å². The van der Waals surface area contributed by atoms with Gasteiger partial charge in [0.1, 0.15) is 0 Å². The first-order valence-electron chi connectivity index (χ1n) is 12.6. The van der Waals surface area contributed by atoms with E-state index in [9.17, 15) is 0 Å². The number of hydrogen-bond acceptors (Lipinski definition) is 4. The van der Waals surface area contributed by atoms with Crippen LogP contribution in [0, 0.1) is 0 Å². The molecule has 0 atom stereocenters. The Morgan fingerprint density at radius 3 is 2.38 bits per heavy atom. The zero-order chi connectivity index (χ0) is 22.8. The van der Waals surface area contributed by atoms with Gasteiger partial charge in [-0.25, -0.2) is 4.98 Å². The molecule has 1 aromatic heterocycles. The predicted octanol–water partition coefficient (Wildman–Crippen LogP) is 6.08. The number of rotatable bonds is 7. The highest BCUT2D eigenvalue weighted by molar-refractivity contribution is 5.67. The number of benzene rings is 1. The van der Waals surface area contributed by atoms with Crippen molar-refractivity contribution in [3.8, 4) is 17.0 Å². The Kier molecular flexibility index (Phi) is 6.80. The molecule has 2 aliphatic rings. The number of piperazine rings is 1. The molecule has 0 spiro atoms. The monoisotopic (exact) mass is 435 g/mol. The molecule has 0 saturated carbocycles. The van der Waals surface area contributed by atoms with Crippen LogP contribution < -0.4 is 15.0 Å². The van der Waals surface area contributed by atoms with Crippen molar-refractivity contribution < 1.29 is 4.74 Å². The number of fused-ring (bicyclic) bond motifs is 1. The summed E-state index contributed by atoms with van der Waals surface area (Å²) in [5, 5.41) is 3.45. The molecule has 1 saturated heterocycles. The third kappa shape index (κ3) is 4.80. The average Bonchev–Trinajstić information content (AvgIpc) is 2.80. The van der Waals surface area contributed by atoms with E-state index in [1.54, 1.807) is 0 Å². The van der Waals surface area contributed by atoms with Crippen LogP contribution >= 0.6 is 0 Å². The highest BCUT2D eigenvalue weighted by Gasteiger charge is 2.37. The number of nitrogens with one attached hydrogen (secondary N) is 1. The van der Waals surface area contributed by atoms with Crippen molar-refractivity contribution in [3.05, 3.63) is 41.5 Å². The van der Waals surface area contributed by atoms with E-state index in [4.69, 9.17) is 9.72 Å². The van der Waals surface area contributed by atoms with Crippen LogP contribution in [0.4, 0.5) is 5.82 Å². The molecule has 32 heavy (non-hydrogen) atoms. The van der Waals surface area contributed by atoms with Gasteiger partial charge in [-0.3, -0.25) is 0 Å². The van der Waals surface area contributed by atoms with Gasteiger partial charge in [0.2, 0.25) is 0 Å². The maximum Gasteiger partial charge on any atom is 0.172 e. The minimum absolute atomic E-state index is 0.199. The van der Waals surface area contributed by atoms with Crippen molar-refractivity contribution in [2.45, 2.75) is 77.6 Å². The standard InChI is InChI=1S/C28H41N3O/c1-6-7-8-19-32-25-12-11-24(30-26(25)31-17-15-29-16-18-31)21-9-10-22-23(20-21)28(4,5)14-13-27(22,2)3/h9-12,20,29H,6-8,13-19H2,1-5H3. The van der Waals surface area contributed by atoms with Crippen molar-refractivity contribution >= 4 is 5.82 Å². The first kappa shape index (κ1) is 23.1. The molecule has 1 aromatic carbocycles.